The average Bonchev–Trinajstić information content (AvgIpc) is 3.35. The Morgan fingerprint density at radius 3 is 2.74 bits per heavy atom. The Balaban J connectivity index is 1.66. The Labute approximate surface area is 206 Å². The van der Waals surface area contributed by atoms with Gasteiger partial charge in [0.2, 0.25) is 10.0 Å². The van der Waals surface area contributed by atoms with Crippen LogP contribution in [0.5, 0.6) is 5.75 Å². The van der Waals surface area contributed by atoms with E-state index in [1.165, 1.54) is 6.08 Å². The topological polar surface area (TPSA) is 111 Å². The molecule has 0 saturated carbocycles. The number of nitrogens with two attached hydrogens (primary N) is 1. The smallest absolute Gasteiger partial charge is 0.244 e. The van der Waals surface area contributed by atoms with Crippen molar-refractivity contribution in [1.82, 2.24) is 9.62 Å². The maximum absolute atomic E-state index is 13.7. The molecule has 0 amide bonds. The third-order valence-electron chi connectivity index (χ3n) is 6.71. The molecule has 9 heteroatoms. The normalized spacial score (nSPS) is 21.6. The third kappa shape index (κ3) is 5.49. The van der Waals surface area contributed by atoms with Gasteiger partial charge in [-0.25, -0.2) is 8.42 Å². The van der Waals surface area contributed by atoms with E-state index in [0.29, 0.717) is 30.8 Å². The molecule has 0 aromatic heterocycles. The molecule has 4 rings (SSSR count). The first-order valence-electron chi connectivity index (χ1n) is 12.0. The SMILES string of the molecule is CCc1c(S(=O)(=O)NC(OCC2C=CC=CC2=O)N2CCCC2CN)ccc2ccc(OC)cc12. The number of rotatable bonds is 10. The van der Waals surface area contributed by atoms with Crippen LogP contribution in [0.2, 0.25) is 0 Å². The van der Waals surface area contributed by atoms with Gasteiger partial charge in [-0.2, -0.15) is 4.72 Å². The standard InChI is InChI=1S/C26H33N3O5S/c1-3-22-23-15-21(33-2)12-10-18(23)11-13-25(22)35(31,32)28-26(29-14-6-8-20(29)16-27)34-17-19-7-4-5-9-24(19)30/h4-5,7,9-13,15,19-20,26,28H,3,6,8,14,16-17,27H2,1-2H3. The lowest BCUT2D eigenvalue weighted by atomic mass is 10.0. The highest BCUT2D eigenvalue weighted by Gasteiger charge is 2.35. The molecule has 2 aliphatic rings. The molecule has 3 N–H and O–H groups in total. The van der Waals surface area contributed by atoms with Crippen LogP contribution < -0.4 is 15.2 Å². The number of ether oxygens (including phenoxy) is 2. The molecule has 0 spiro atoms. The molecule has 1 heterocycles. The molecule has 1 aliphatic heterocycles. The molecule has 3 unspecified atom stereocenters. The number of aryl methyl sites for hydroxylation is 1. The zero-order valence-electron chi connectivity index (χ0n) is 20.1. The summed E-state index contributed by atoms with van der Waals surface area (Å²) in [5, 5.41) is 1.77. The van der Waals surface area contributed by atoms with Crippen molar-refractivity contribution in [2.24, 2.45) is 11.7 Å². The summed E-state index contributed by atoms with van der Waals surface area (Å²) < 4.78 is 41.6. The molecule has 1 aliphatic carbocycles. The van der Waals surface area contributed by atoms with Crippen molar-refractivity contribution in [3.8, 4) is 5.75 Å². The van der Waals surface area contributed by atoms with Gasteiger partial charge in [0.05, 0.1) is 24.5 Å². The monoisotopic (exact) mass is 499 g/mol. The number of carbonyl (C=O) groups excluding carboxylic acids is 1. The molecular formula is C26H33N3O5S. The Bertz CT molecular complexity index is 1240. The van der Waals surface area contributed by atoms with Crippen LogP contribution in [0.1, 0.15) is 25.3 Å². The van der Waals surface area contributed by atoms with E-state index in [-0.39, 0.29) is 23.3 Å². The van der Waals surface area contributed by atoms with Crippen LogP contribution in [-0.4, -0.2) is 58.3 Å². The molecule has 1 fully saturated rings. The molecular weight excluding hydrogens is 466 g/mol. The third-order valence-corrected chi connectivity index (χ3v) is 8.18. The van der Waals surface area contributed by atoms with Gasteiger partial charge in [0.1, 0.15) is 5.75 Å². The van der Waals surface area contributed by atoms with E-state index < -0.39 is 22.3 Å². The van der Waals surface area contributed by atoms with Crippen LogP contribution in [0.15, 0.2) is 59.5 Å². The number of hydrogen-bond acceptors (Lipinski definition) is 7. The molecule has 35 heavy (non-hydrogen) atoms. The van der Waals surface area contributed by atoms with Crippen LogP contribution in [0, 0.1) is 5.92 Å². The fourth-order valence-corrected chi connectivity index (χ4v) is 6.22. The number of benzene rings is 2. The molecule has 188 valence electrons. The number of hydrogen-bond donors (Lipinski definition) is 2. The largest absolute Gasteiger partial charge is 0.497 e. The van der Waals surface area contributed by atoms with Crippen molar-refractivity contribution in [2.75, 3.05) is 26.8 Å². The highest BCUT2D eigenvalue weighted by Crippen LogP contribution is 2.30. The van der Waals surface area contributed by atoms with Crippen LogP contribution in [0.3, 0.4) is 0 Å². The Hall–Kier alpha value is -2.56. The predicted molar refractivity (Wildman–Crippen MR) is 135 cm³/mol. The molecule has 3 atom stereocenters. The number of ketones is 1. The van der Waals surface area contributed by atoms with Crippen LogP contribution >= 0.6 is 0 Å². The summed E-state index contributed by atoms with van der Waals surface area (Å²) in [6.07, 6.45) is 8.09. The second-order valence-electron chi connectivity index (χ2n) is 8.81. The summed E-state index contributed by atoms with van der Waals surface area (Å²) in [6, 6.07) is 9.06. The van der Waals surface area contributed by atoms with Gasteiger partial charge in [-0.3, -0.25) is 9.69 Å². The maximum atomic E-state index is 13.7. The van der Waals surface area contributed by atoms with Gasteiger partial charge in [0, 0.05) is 19.1 Å². The highest BCUT2D eigenvalue weighted by atomic mass is 32.2. The van der Waals surface area contributed by atoms with Gasteiger partial charge in [0.15, 0.2) is 12.1 Å². The molecule has 0 bridgehead atoms. The fraction of sp³-hybridized carbons (Fsp3) is 0.423. The first-order chi connectivity index (χ1) is 16.9. The number of carbonyl (C=O) groups is 1. The van der Waals surface area contributed by atoms with Crippen molar-refractivity contribution in [3.05, 3.63) is 60.2 Å². The van der Waals surface area contributed by atoms with Gasteiger partial charge in [-0.05, 0) is 59.9 Å². The van der Waals surface area contributed by atoms with Gasteiger partial charge >= 0.3 is 0 Å². The molecule has 2 aromatic rings. The quantitative estimate of drug-likeness (QED) is 0.484. The summed E-state index contributed by atoms with van der Waals surface area (Å²) in [5.41, 5.74) is 6.68. The first kappa shape index (κ1) is 25.5. The molecule has 1 saturated heterocycles. The van der Waals surface area contributed by atoms with Crippen molar-refractivity contribution in [2.45, 2.75) is 43.5 Å². The lowest BCUT2D eigenvalue weighted by Crippen LogP contribution is -2.53. The minimum atomic E-state index is -3.96. The zero-order valence-corrected chi connectivity index (χ0v) is 21.0. The number of likely N-dealkylation sites (tertiary alicyclic amines) is 1. The number of nitrogens with zero attached hydrogens (tertiary/aromatic N) is 1. The lowest BCUT2D eigenvalue weighted by molar-refractivity contribution is -0.123. The zero-order chi connectivity index (χ0) is 25.0. The second kappa shape index (κ2) is 11.0. The number of sulfonamides is 1. The van der Waals surface area contributed by atoms with Gasteiger partial charge in [0.25, 0.3) is 0 Å². The minimum Gasteiger partial charge on any atom is -0.497 e. The Morgan fingerprint density at radius 1 is 1.23 bits per heavy atom. The molecule has 8 nitrogen and oxygen atoms in total. The van der Waals surface area contributed by atoms with Gasteiger partial charge < -0.3 is 15.2 Å². The van der Waals surface area contributed by atoms with E-state index in [1.54, 1.807) is 37.5 Å². The van der Waals surface area contributed by atoms with E-state index in [4.69, 9.17) is 15.2 Å². The van der Waals surface area contributed by atoms with Gasteiger partial charge in [-0.1, -0.05) is 37.3 Å². The van der Waals surface area contributed by atoms with Crippen molar-refractivity contribution in [3.63, 3.8) is 0 Å². The van der Waals surface area contributed by atoms with Crippen molar-refractivity contribution < 1.29 is 22.7 Å². The van der Waals surface area contributed by atoms with Gasteiger partial charge in [-0.15, -0.1) is 0 Å². The minimum absolute atomic E-state index is 0.00768. The predicted octanol–water partition coefficient (Wildman–Crippen LogP) is 2.72. The van der Waals surface area contributed by atoms with E-state index in [0.717, 1.165) is 23.6 Å². The number of fused-ring (bicyclic) bond motifs is 1. The number of nitrogens with one attached hydrogen (secondary N) is 1. The highest BCUT2D eigenvalue weighted by molar-refractivity contribution is 7.89. The van der Waals surface area contributed by atoms with Crippen LogP contribution in [0.4, 0.5) is 0 Å². The van der Waals surface area contributed by atoms with Crippen LogP contribution in [0.25, 0.3) is 10.8 Å². The summed E-state index contributed by atoms with van der Waals surface area (Å²) in [6.45, 7) is 3.04. The summed E-state index contributed by atoms with van der Waals surface area (Å²) in [4.78, 5) is 14.4. The number of allylic oxidation sites excluding steroid dienone is 3. The summed E-state index contributed by atoms with van der Waals surface area (Å²) in [7, 11) is -2.38. The van der Waals surface area contributed by atoms with E-state index in [1.807, 2.05) is 30.0 Å². The second-order valence-corrected chi connectivity index (χ2v) is 10.5. The fourth-order valence-electron chi connectivity index (χ4n) is 4.80. The maximum Gasteiger partial charge on any atom is 0.244 e. The first-order valence-corrected chi connectivity index (χ1v) is 13.4. The van der Waals surface area contributed by atoms with Crippen molar-refractivity contribution in [1.29, 1.82) is 0 Å². The Kier molecular flexibility index (Phi) is 8.03. The van der Waals surface area contributed by atoms with E-state index >= 15 is 0 Å². The molecule has 2 aromatic carbocycles. The summed E-state index contributed by atoms with van der Waals surface area (Å²) in [5.74, 6) is 0.144. The van der Waals surface area contributed by atoms with Crippen molar-refractivity contribution >= 4 is 26.6 Å². The molecule has 0 radical (unpaired) electrons. The number of methoxy groups -OCH3 is 1. The van der Waals surface area contributed by atoms with E-state index in [9.17, 15) is 13.2 Å². The lowest BCUT2D eigenvalue weighted by Gasteiger charge is -2.33. The Morgan fingerprint density at radius 2 is 2.03 bits per heavy atom. The average molecular weight is 500 g/mol. The van der Waals surface area contributed by atoms with E-state index in [2.05, 4.69) is 4.72 Å². The van der Waals surface area contributed by atoms with Crippen LogP contribution in [-0.2, 0) is 26.0 Å². The summed E-state index contributed by atoms with van der Waals surface area (Å²) >= 11 is 0.